The quantitative estimate of drug-likeness (QED) is 0.579. The van der Waals surface area contributed by atoms with Crippen molar-refractivity contribution in [2.24, 2.45) is 5.92 Å². The van der Waals surface area contributed by atoms with E-state index in [2.05, 4.69) is 0 Å². The van der Waals surface area contributed by atoms with Crippen molar-refractivity contribution < 1.29 is 10.2 Å². The first-order chi connectivity index (χ1) is 5.29. The molecule has 0 aromatic rings. The third-order valence-corrected chi connectivity index (χ3v) is 2.07. The maximum Gasteiger partial charge on any atom is 0.0937 e. The van der Waals surface area contributed by atoms with Crippen molar-refractivity contribution >= 4 is 0 Å². The van der Waals surface area contributed by atoms with Gasteiger partial charge in [-0.25, -0.2) is 0 Å². The first-order valence-corrected chi connectivity index (χ1v) is 3.93. The van der Waals surface area contributed by atoms with Crippen LogP contribution in [0, 0.1) is 5.92 Å². The smallest absolute Gasteiger partial charge is 0.0937 e. The van der Waals surface area contributed by atoms with Crippen LogP contribution in [0.5, 0.6) is 0 Å². The molecule has 0 amide bonds. The molecule has 0 aromatic heterocycles. The lowest BCUT2D eigenvalue weighted by atomic mass is 9.98. The second-order valence-corrected chi connectivity index (χ2v) is 2.74. The average Bonchev–Trinajstić information content (AvgIpc) is 2.33. The topological polar surface area (TPSA) is 40.5 Å². The molecule has 0 saturated carbocycles. The van der Waals surface area contributed by atoms with Crippen molar-refractivity contribution in [3.63, 3.8) is 0 Å². The molecule has 0 heterocycles. The molecule has 1 aliphatic carbocycles. The number of rotatable bonds is 2. The number of hydrogen-bond acceptors (Lipinski definition) is 2. The number of hydrogen-bond donors (Lipinski definition) is 2. The monoisotopic (exact) mass is 154 g/mol. The SMILES string of the molecule is C/C=C1/C(O)C=CC1CCO. The Hall–Kier alpha value is -0.600. The fraction of sp³-hybridized carbons (Fsp3) is 0.556. The summed E-state index contributed by atoms with van der Waals surface area (Å²) in [7, 11) is 0. The zero-order chi connectivity index (χ0) is 8.27. The van der Waals surface area contributed by atoms with Gasteiger partial charge in [0.05, 0.1) is 6.10 Å². The third-order valence-electron chi connectivity index (χ3n) is 2.07. The van der Waals surface area contributed by atoms with Crippen LogP contribution >= 0.6 is 0 Å². The van der Waals surface area contributed by atoms with Crippen LogP contribution in [0.25, 0.3) is 0 Å². The molecule has 0 aromatic carbocycles. The molecule has 2 heteroatoms. The van der Waals surface area contributed by atoms with Gasteiger partial charge in [-0.05, 0) is 18.9 Å². The highest BCUT2D eigenvalue weighted by atomic mass is 16.3. The normalized spacial score (nSPS) is 33.5. The molecule has 11 heavy (non-hydrogen) atoms. The van der Waals surface area contributed by atoms with Gasteiger partial charge >= 0.3 is 0 Å². The van der Waals surface area contributed by atoms with E-state index in [-0.39, 0.29) is 12.5 Å². The highest BCUT2D eigenvalue weighted by molar-refractivity contribution is 5.28. The van der Waals surface area contributed by atoms with E-state index in [4.69, 9.17) is 5.11 Å². The van der Waals surface area contributed by atoms with Crippen LogP contribution < -0.4 is 0 Å². The maximum atomic E-state index is 9.35. The molecule has 2 unspecified atom stereocenters. The third kappa shape index (κ3) is 1.70. The Labute approximate surface area is 66.9 Å². The summed E-state index contributed by atoms with van der Waals surface area (Å²) in [5, 5.41) is 18.0. The summed E-state index contributed by atoms with van der Waals surface area (Å²) in [6, 6.07) is 0. The number of aliphatic hydroxyl groups is 2. The molecule has 2 atom stereocenters. The summed E-state index contributed by atoms with van der Waals surface area (Å²) in [6.45, 7) is 2.09. The molecule has 62 valence electrons. The van der Waals surface area contributed by atoms with Gasteiger partial charge in [0.1, 0.15) is 0 Å². The average molecular weight is 154 g/mol. The second kappa shape index (κ2) is 3.69. The van der Waals surface area contributed by atoms with Crippen molar-refractivity contribution in [1.29, 1.82) is 0 Å². The Kier molecular flexibility index (Phi) is 2.85. The highest BCUT2D eigenvalue weighted by Gasteiger charge is 2.21. The summed E-state index contributed by atoms with van der Waals surface area (Å²) < 4.78 is 0. The lowest BCUT2D eigenvalue weighted by Gasteiger charge is -2.11. The minimum Gasteiger partial charge on any atom is -0.396 e. The summed E-state index contributed by atoms with van der Waals surface area (Å²) in [4.78, 5) is 0. The van der Waals surface area contributed by atoms with Gasteiger partial charge in [0, 0.05) is 12.5 Å². The summed E-state index contributed by atoms with van der Waals surface area (Å²) in [5.41, 5.74) is 1.01. The first-order valence-electron chi connectivity index (χ1n) is 3.93. The van der Waals surface area contributed by atoms with Crippen molar-refractivity contribution in [2.45, 2.75) is 19.4 Å². The molecule has 1 rings (SSSR count). The van der Waals surface area contributed by atoms with Crippen molar-refractivity contribution in [3.8, 4) is 0 Å². The number of allylic oxidation sites excluding steroid dienone is 2. The Bertz CT molecular complexity index is 182. The Morgan fingerprint density at radius 3 is 2.82 bits per heavy atom. The van der Waals surface area contributed by atoms with E-state index in [1.165, 1.54) is 0 Å². The minimum absolute atomic E-state index is 0.180. The van der Waals surface area contributed by atoms with Gasteiger partial charge in [0.2, 0.25) is 0 Å². The molecular formula is C9H14O2. The Balaban J connectivity index is 2.61. The molecule has 2 N–H and O–H groups in total. The molecule has 0 bridgehead atoms. The van der Waals surface area contributed by atoms with Crippen LogP contribution in [0.4, 0.5) is 0 Å². The van der Waals surface area contributed by atoms with Crippen molar-refractivity contribution in [2.75, 3.05) is 6.61 Å². The van der Waals surface area contributed by atoms with Crippen LogP contribution in [-0.4, -0.2) is 22.9 Å². The van der Waals surface area contributed by atoms with Gasteiger partial charge in [0.15, 0.2) is 0 Å². The van der Waals surface area contributed by atoms with E-state index in [1.54, 1.807) is 6.08 Å². The Morgan fingerprint density at radius 2 is 2.27 bits per heavy atom. The largest absolute Gasteiger partial charge is 0.396 e. The predicted molar refractivity (Wildman–Crippen MR) is 44.1 cm³/mol. The van der Waals surface area contributed by atoms with E-state index >= 15 is 0 Å². The second-order valence-electron chi connectivity index (χ2n) is 2.74. The Morgan fingerprint density at radius 1 is 1.55 bits per heavy atom. The van der Waals surface area contributed by atoms with Gasteiger partial charge in [0.25, 0.3) is 0 Å². The van der Waals surface area contributed by atoms with Crippen molar-refractivity contribution in [3.05, 3.63) is 23.8 Å². The van der Waals surface area contributed by atoms with Crippen molar-refractivity contribution in [1.82, 2.24) is 0 Å². The number of aliphatic hydroxyl groups excluding tert-OH is 2. The van der Waals surface area contributed by atoms with E-state index in [9.17, 15) is 5.11 Å². The van der Waals surface area contributed by atoms with E-state index < -0.39 is 6.10 Å². The highest BCUT2D eigenvalue weighted by Crippen LogP contribution is 2.26. The summed E-state index contributed by atoms with van der Waals surface area (Å²) in [6.07, 6.45) is 5.95. The van der Waals surface area contributed by atoms with Gasteiger partial charge in [-0.1, -0.05) is 18.2 Å². The maximum absolute atomic E-state index is 9.35. The van der Waals surface area contributed by atoms with Gasteiger partial charge in [-0.3, -0.25) is 0 Å². The standard InChI is InChI=1S/C9H14O2/c1-2-8-7(5-6-10)3-4-9(8)11/h2-4,7,9-11H,5-6H2,1H3/b8-2+. The minimum atomic E-state index is -0.420. The van der Waals surface area contributed by atoms with Crippen LogP contribution in [0.15, 0.2) is 23.8 Å². The lowest BCUT2D eigenvalue weighted by molar-refractivity contribution is 0.244. The molecule has 0 saturated heterocycles. The first kappa shape index (κ1) is 8.50. The molecule has 1 aliphatic rings. The fourth-order valence-corrected chi connectivity index (χ4v) is 1.47. The fourth-order valence-electron chi connectivity index (χ4n) is 1.47. The molecular weight excluding hydrogens is 140 g/mol. The van der Waals surface area contributed by atoms with Crippen LogP contribution in [-0.2, 0) is 0 Å². The lowest BCUT2D eigenvalue weighted by Crippen LogP contribution is -2.08. The molecule has 0 aliphatic heterocycles. The summed E-state index contributed by atoms with van der Waals surface area (Å²) >= 11 is 0. The van der Waals surface area contributed by atoms with Gasteiger partial charge < -0.3 is 10.2 Å². The van der Waals surface area contributed by atoms with Gasteiger partial charge in [-0.2, -0.15) is 0 Å². The summed E-state index contributed by atoms with van der Waals surface area (Å²) in [5.74, 6) is 0.250. The molecule has 0 radical (unpaired) electrons. The molecule has 0 spiro atoms. The molecule has 0 fully saturated rings. The van der Waals surface area contributed by atoms with Gasteiger partial charge in [-0.15, -0.1) is 0 Å². The zero-order valence-corrected chi connectivity index (χ0v) is 6.70. The zero-order valence-electron chi connectivity index (χ0n) is 6.70. The van der Waals surface area contributed by atoms with E-state index in [0.29, 0.717) is 6.42 Å². The van der Waals surface area contributed by atoms with Crippen LogP contribution in [0.3, 0.4) is 0 Å². The van der Waals surface area contributed by atoms with Crippen LogP contribution in [0.1, 0.15) is 13.3 Å². The van der Waals surface area contributed by atoms with Crippen LogP contribution in [0.2, 0.25) is 0 Å². The van der Waals surface area contributed by atoms with E-state index in [1.807, 2.05) is 19.1 Å². The molecule has 2 nitrogen and oxygen atoms in total. The predicted octanol–water partition coefficient (Wildman–Crippen LogP) is 0.862. The van der Waals surface area contributed by atoms with E-state index in [0.717, 1.165) is 5.57 Å².